The van der Waals surface area contributed by atoms with Crippen LogP contribution in [-0.4, -0.2) is 45.5 Å². The van der Waals surface area contributed by atoms with Crippen LogP contribution in [0.15, 0.2) is 18.2 Å². The van der Waals surface area contributed by atoms with Crippen LogP contribution in [0.3, 0.4) is 0 Å². The second kappa shape index (κ2) is 6.59. The molecule has 5 heteroatoms. The van der Waals surface area contributed by atoms with Crippen molar-refractivity contribution in [3.8, 4) is 0 Å². The van der Waals surface area contributed by atoms with Gasteiger partial charge in [-0.05, 0) is 31.9 Å². The Balaban J connectivity index is 1.45. The lowest BCUT2D eigenvalue weighted by Gasteiger charge is -2.47. The highest BCUT2D eigenvalue weighted by molar-refractivity contribution is 8.01. The van der Waals surface area contributed by atoms with Gasteiger partial charge in [0.15, 0.2) is 0 Å². The smallest absolute Gasteiger partial charge is 0.222 e. The first-order valence-electron chi connectivity index (χ1n) is 8.06. The second-order valence-electron chi connectivity index (χ2n) is 6.40. The van der Waals surface area contributed by atoms with Gasteiger partial charge in [-0.2, -0.15) is 0 Å². The summed E-state index contributed by atoms with van der Waals surface area (Å²) in [4.78, 5) is 18.3. The molecule has 0 aromatic carbocycles. The van der Waals surface area contributed by atoms with Crippen molar-refractivity contribution in [2.75, 3.05) is 18.8 Å². The molecule has 0 aliphatic carbocycles. The summed E-state index contributed by atoms with van der Waals surface area (Å²) in [6.45, 7) is 6.45. The number of likely N-dealkylation sites (tertiary alicyclic amines) is 1. The van der Waals surface area contributed by atoms with Gasteiger partial charge in [0, 0.05) is 31.0 Å². The van der Waals surface area contributed by atoms with E-state index in [9.17, 15) is 4.79 Å². The topological polar surface area (TPSA) is 42.4 Å². The lowest BCUT2D eigenvalue weighted by atomic mass is 9.92. The monoisotopic (exact) mass is 320 g/mol. The number of thioether (sulfide) groups is 1. The van der Waals surface area contributed by atoms with Crippen molar-refractivity contribution in [3.63, 3.8) is 0 Å². The molecular weight excluding hydrogens is 296 g/mol. The molecule has 3 heterocycles. The van der Waals surface area contributed by atoms with Crippen molar-refractivity contribution in [2.45, 2.75) is 50.6 Å². The van der Waals surface area contributed by atoms with Gasteiger partial charge in [-0.3, -0.25) is 9.78 Å². The molecule has 0 unspecified atom stereocenters. The van der Waals surface area contributed by atoms with E-state index in [0.29, 0.717) is 18.9 Å². The molecule has 0 N–H and O–H groups in total. The Bertz CT molecular complexity index is 543. The van der Waals surface area contributed by atoms with Gasteiger partial charge in [-0.25, -0.2) is 0 Å². The van der Waals surface area contributed by atoms with Crippen LogP contribution in [0.1, 0.15) is 37.6 Å². The molecule has 0 bridgehead atoms. The van der Waals surface area contributed by atoms with Gasteiger partial charge in [-0.1, -0.05) is 13.0 Å². The van der Waals surface area contributed by atoms with Gasteiger partial charge >= 0.3 is 0 Å². The molecule has 2 saturated heterocycles. The summed E-state index contributed by atoms with van der Waals surface area (Å²) >= 11 is 1.98. The molecule has 2 fully saturated rings. The first-order valence-corrected chi connectivity index (χ1v) is 9.05. The number of aromatic nitrogens is 1. The number of carbonyl (C=O) groups is 1. The average Bonchev–Trinajstić information content (AvgIpc) is 2.88. The Morgan fingerprint density at radius 1 is 1.50 bits per heavy atom. The average molecular weight is 320 g/mol. The third-order valence-electron chi connectivity index (χ3n) is 4.36. The highest BCUT2D eigenvalue weighted by Crippen LogP contribution is 2.46. The van der Waals surface area contributed by atoms with E-state index in [1.54, 1.807) is 0 Å². The number of nitrogens with zero attached hydrogens (tertiary/aromatic N) is 2. The molecule has 120 valence electrons. The fraction of sp³-hybridized carbons (Fsp3) is 0.647. The van der Waals surface area contributed by atoms with Crippen molar-refractivity contribution >= 4 is 17.7 Å². The Labute approximate surface area is 136 Å². The maximum absolute atomic E-state index is 11.9. The van der Waals surface area contributed by atoms with Gasteiger partial charge in [0.25, 0.3) is 0 Å². The predicted octanol–water partition coefficient (Wildman–Crippen LogP) is 2.79. The van der Waals surface area contributed by atoms with Crippen LogP contribution >= 0.6 is 11.8 Å². The molecule has 1 aromatic rings. The van der Waals surface area contributed by atoms with E-state index in [-0.39, 0.29) is 10.9 Å². The Morgan fingerprint density at radius 2 is 2.32 bits per heavy atom. The van der Waals surface area contributed by atoms with Crippen molar-refractivity contribution in [2.24, 2.45) is 0 Å². The maximum atomic E-state index is 11.9. The van der Waals surface area contributed by atoms with E-state index < -0.39 is 0 Å². The number of rotatable bonds is 5. The second-order valence-corrected chi connectivity index (χ2v) is 7.89. The fourth-order valence-electron chi connectivity index (χ4n) is 3.21. The molecule has 2 aliphatic rings. The van der Waals surface area contributed by atoms with Crippen LogP contribution in [-0.2, 0) is 16.1 Å². The highest BCUT2D eigenvalue weighted by atomic mass is 32.2. The summed E-state index contributed by atoms with van der Waals surface area (Å²) in [6.07, 6.45) is 2.96. The molecule has 0 saturated carbocycles. The van der Waals surface area contributed by atoms with Crippen molar-refractivity contribution in [1.29, 1.82) is 0 Å². The lowest BCUT2D eigenvalue weighted by Crippen LogP contribution is -2.60. The van der Waals surface area contributed by atoms with Crippen LogP contribution in [0.2, 0.25) is 0 Å². The minimum atomic E-state index is 0.258. The summed E-state index contributed by atoms with van der Waals surface area (Å²) in [7, 11) is 0. The standard InChI is InChI=1S/C17H24N2O2S/c1-3-5-16(20)19-11-17(12-19)8-15(10-22-17)21-9-14-7-4-6-13(2)18-14/h4,6-7,15H,3,5,8-12H2,1-2H3/t15-/m0/s1. The number of carbonyl (C=O) groups excluding carboxylic acids is 1. The van der Waals surface area contributed by atoms with Gasteiger partial charge < -0.3 is 9.64 Å². The summed E-state index contributed by atoms with van der Waals surface area (Å²) in [5, 5.41) is 0. The summed E-state index contributed by atoms with van der Waals surface area (Å²) in [5.74, 6) is 1.34. The molecule has 1 aromatic heterocycles. The number of amides is 1. The number of ether oxygens (including phenoxy) is 1. The van der Waals surface area contributed by atoms with Gasteiger partial charge in [-0.15, -0.1) is 11.8 Å². The van der Waals surface area contributed by atoms with E-state index in [0.717, 1.165) is 43.1 Å². The van der Waals surface area contributed by atoms with Crippen LogP contribution < -0.4 is 0 Å². The summed E-state index contributed by atoms with van der Waals surface area (Å²) in [6, 6.07) is 6.04. The van der Waals surface area contributed by atoms with E-state index in [1.807, 2.05) is 41.8 Å². The normalized spacial score (nSPS) is 22.8. The lowest BCUT2D eigenvalue weighted by molar-refractivity contribution is -0.136. The molecule has 4 nitrogen and oxygen atoms in total. The van der Waals surface area contributed by atoms with E-state index in [1.165, 1.54) is 0 Å². The van der Waals surface area contributed by atoms with E-state index in [4.69, 9.17) is 4.74 Å². The number of pyridine rings is 1. The Hall–Kier alpha value is -1.07. The van der Waals surface area contributed by atoms with Crippen LogP contribution in [0.4, 0.5) is 0 Å². The molecule has 2 aliphatic heterocycles. The minimum absolute atomic E-state index is 0.258. The summed E-state index contributed by atoms with van der Waals surface area (Å²) in [5.41, 5.74) is 2.03. The molecule has 1 atom stereocenters. The van der Waals surface area contributed by atoms with Crippen LogP contribution in [0.25, 0.3) is 0 Å². The maximum Gasteiger partial charge on any atom is 0.222 e. The van der Waals surface area contributed by atoms with Gasteiger partial charge in [0.2, 0.25) is 5.91 Å². The quantitative estimate of drug-likeness (QED) is 0.837. The number of hydrogen-bond acceptors (Lipinski definition) is 4. The van der Waals surface area contributed by atoms with Crippen LogP contribution in [0.5, 0.6) is 0 Å². The van der Waals surface area contributed by atoms with Crippen molar-refractivity contribution in [3.05, 3.63) is 29.6 Å². The highest BCUT2D eigenvalue weighted by Gasteiger charge is 2.50. The number of aryl methyl sites for hydroxylation is 1. The van der Waals surface area contributed by atoms with Gasteiger partial charge in [0.05, 0.1) is 23.2 Å². The third-order valence-corrected chi connectivity index (χ3v) is 5.94. The minimum Gasteiger partial charge on any atom is -0.371 e. The predicted molar refractivity (Wildman–Crippen MR) is 88.8 cm³/mol. The van der Waals surface area contributed by atoms with Crippen LogP contribution in [0, 0.1) is 6.92 Å². The van der Waals surface area contributed by atoms with Crippen molar-refractivity contribution < 1.29 is 9.53 Å². The first-order chi connectivity index (χ1) is 10.6. The summed E-state index contributed by atoms with van der Waals surface area (Å²) < 4.78 is 6.29. The van der Waals surface area contributed by atoms with E-state index in [2.05, 4.69) is 11.9 Å². The van der Waals surface area contributed by atoms with Gasteiger partial charge in [0.1, 0.15) is 0 Å². The molecule has 1 amide bonds. The first kappa shape index (κ1) is 15.8. The van der Waals surface area contributed by atoms with E-state index >= 15 is 0 Å². The molecule has 3 rings (SSSR count). The molecule has 1 spiro atoms. The zero-order valence-electron chi connectivity index (χ0n) is 13.4. The molecule has 0 radical (unpaired) electrons. The Morgan fingerprint density at radius 3 is 3.05 bits per heavy atom. The molecule has 22 heavy (non-hydrogen) atoms. The SMILES string of the molecule is CCCC(=O)N1CC2(C[C@H](OCc3cccc(C)n3)CS2)C1. The zero-order valence-corrected chi connectivity index (χ0v) is 14.2. The molecular formula is C17H24N2O2S. The number of hydrogen-bond donors (Lipinski definition) is 0. The fourth-order valence-corrected chi connectivity index (χ4v) is 4.76. The Kier molecular flexibility index (Phi) is 4.73. The zero-order chi connectivity index (χ0) is 15.6. The largest absolute Gasteiger partial charge is 0.371 e. The third kappa shape index (κ3) is 3.46. The van der Waals surface area contributed by atoms with Crippen molar-refractivity contribution in [1.82, 2.24) is 9.88 Å².